The first-order valence-corrected chi connectivity index (χ1v) is 4.39. The maximum Gasteiger partial charge on any atom is 0.233 e. The van der Waals surface area contributed by atoms with Gasteiger partial charge in [-0.05, 0) is 6.08 Å². The molecule has 0 saturated carbocycles. The summed E-state index contributed by atoms with van der Waals surface area (Å²) in [5.74, 6) is -1.51. The normalized spacial score (nSPS) is 43.6. The molecule has 14 heavy (non-hydrogen) atoms. The number of hydrogen-bond acceptors (Lipinski definition) is 4. The van der Waals surface area contributed by atoms with E-state index >= 15 is 0 Å². The average molecular weight is 193 g/mol. The highest BCUT2D eigenvalue weighted by atomic mass is 16.5. The Hall–Kier alpha value is -1.49. The molecule has 3 rings (SSSR count). The number of rotatable bonds is 1. The van der Waals surface area contributed by atoms with Crippen LogP contribution in [0.1, 0.15) is 0 Å². The third-order valence-electron chi connectivity index (χ3n) is 3.04. The minimum absolute atomic E-state index is 0.284. The number of imide groups is 1. The second-order valence-electron chi connectivity index (χ2n) is 3.71. The molecule has 2 fully saturated rings. The first kappa shape index (κ1) is 7.87. The van der Waals surface area contributed by atoms with Crippen LogP contribution in [0.25, 0.3) is 0 Å². The molecular formula is C9H7NO4. The van der Waals surface area contributed by atoms with Crippen LogP contribution in [0.2, 0.25) is 0 Å². The maximum absolute atomic E-state index is 11.4. The predicted molar refractivity (Wildman–Crippen MR) is 42.9 cm³/mol. The highest BCUT2D eigenvalue weighted by Gasteiger charge is 2.59. The Kier molecular flexibility index (Phi) is 1.29. The summed E-state index contributed by atoms with van der Waals surface area (Å²) in [4.78, 5) is 33.3. The quantitative estimate of drug-likeness (QED) is 0.418. The van der Waals surface area contributed by atoms with Crippen LogP contribution in [0.15, 0.2) is 11.6 Å². The van der Waals surface area contributed by atoms with Gasteiger partial charge in [-0.15, -0.1) is 0 Å². The van der Waals surface area contributed by atoms with Crippen molar-refractivity contribution in [3.63, 3.8) is 0 Å². The molecule has 0 aliphatic carbocycles. The lowest BCUT2D eigenvalue weighted by Crippen LogP contribution is -2.30. The number of ether oxygens (including phenoxy) is 1. The third kappa shape index (κ3) is 0.713. The average Bonchev–Trinajstić information content (AvgIpc) is 2.78. The van der Waals surface area contributed by atoms with Crippen molar-refractivity contribution in [2.24, 2.45) is 11.8 Å². The van der Waals surface area contributed by atoms with Gasteiger partial charge in [0.05, 0.1) is 24.0 Å². The number of nitrogens with one attached hydrogen (secondary N) is 1. The monoisotopic (exact) mass is 193 g/mol. The summed E-state index contributed by atoms with van der Waals surface area (Å²) in [6.45, 7) is 0. The summed E-state index contributed by atoms with van der Waals surface area (Å²) < 4.78 is 5.38. The molecule has 4 atom stereocenters. The van der Waals surface area contributed by atoms with E-state index in [0.717, 1.165) is 0 Å². The lowest BCUT2D eigenvalue weighted by molar-refractivity contribution is -0.128. The Morgan fingerprint density at radius 1 is 1.29 bits per heavy atom. The predicted octanol–water partition coefficient (Wildman–Crippen LogP) is -1.22. The zero-order valence-corrected chi connectivity index (χ0v) is 7.10. The summed E-state index contributed by atoms with van der Waals surface area (Å²) in [6.07, 6.45) is 1.43. The highest BCUT2D eigenvalue weighted by molar-refractivity contribution is 6.07. The van der Waals surface area contributed by atoms with Crippen molar-refractivity contribution in [3.05, 3.63) is 11.6 Å². The van der Waals surface area contributed by atoms with E-state index in [4.69, 9.17) is 4.74 Å². The maximum atomic E-state index is 11.4. The minimum Gasteiger partial charge on any atom is -0.364 e. The fourth-order valence-corrected chi connectivity index (χ4v) is 2.45. The van der Waals surface area contributed by atoms with E-state index in [9.17, 15) is 14.4 Å². The standard InChI is InChI=1S/C9H7NO4/c11-2-3-1-4-5-6(7(3)14-4)9(13)10-8(5)12/h1-2,4-7H,(H,10,12,13). The van der Waals surface area contributed by atoms with Crippen LogP contribution in [0.3, 0.4) is 0 Å². The lowest BCUT2D eigenvalue weighted by Gasteiger charge is -2.14. The van der Waals surface area contributed by atoms with Gasteiger partial charge in [-0.2, -0.15) is 0 Å². The topological polar surface area (TPSA) is 72.5 Å². The van der Waals surface area contributed by atoms with Crippen LogP contribution in [-0.4, -0.2) is 30.3 Å². The fraction of sp³-hybridized carbons (Fsp3) is 0.444. The molecule has 5 nitrogen and oxygen atoms in total. The van der Waals surface area contributed by atoms with Crippen molar-refractivity contribution < 1.29 is 19.1 Å². The van der Waals surface area contributed by atoms with Gasteiger partial charge in [0.25, 0.3) is 0 Å². The number of carbonyl (C=O) groups is 3. The summed E-state index contributed by atoms with van der Waals surface area (Å²) >= 11 is 0. The molecule has 1 N–H and O–H groups in total. The number of aldehydes is 1. The van der Waals surface area contributed by atoms with E-state index < -0.39 is 24.0 Å². The largest absolute Gasteiger partial charge is 0.364 e. The smallest absolute Gasteiger partial charge is 0.233 e. The highest BCUT2D eigenvalue weighted by Crippen LogP contribution is 2.44. The molecule has 4 unspecified atom stereocenters. The van der Waals surface area contributed by atoms with E-state index in [2.05, 4.69) is 5.32 Å². The number of fused-ring (bicyclic) bond motifs is 5. The van der Waals surface area contributed by atoms with Crippen LogP contribution in [0.4, 0.5) is 0 Å². The molecule has 0 aromatic carbocycles. The van der Waals surface area contributed by atoms with Crippen molar-refractivity contribution in [1.29, 1.82) is 0 Å². The second-order valence-corrected chi connectivity index (χ2v) is 3.71. The SMILES string of the molecule is O=CC1=CC2OC1C1C(=O)NC(=O)C21. The molecule has 3 aliphatic rings. The molecule has 3 aliphatic heterocycles. The number of hydrogen-bond donors (Lipinski definition) is 1. The van der Waals surface area contributed by atoms with E-state index in [1.807, 2.05) is 0 Å². The molecule has 0 aromatic rings. The zero-order chi connectivity index (χ0) is 9.87. The van der Waals surface area contributed by atoms with Gasteiger partial charge in [0.1, 0.15) is 6.29 Å². The zero-order valence-electron chi connectivity index (χ0n) is 7.10. The van der Waals surface area contributed by atoms with E-state index in [1.165, 1.54) is 0 Å². The second kappa shape index (κ2) is 2.30. The Morgan fingerprint density at radius 2 is 2.00 bits per heavy atom. The molecule has 2 amide bonds. The first-order chi connectivity index (χ1) is 6.72. The van der Waals surface area contributed by atoms with Crippen LogP contribution in [0.5, 0.6) is 0 Å². The van der Waals surface area contributed by atoms with Crippen molar-refractivity contribution in [1.82, 2.24) is 5.32 Å². The van der Waals surface area contributed by atoms with Crippen molar-refractivity contribution in [2.45, 2.75) is 12.2 Å². The van der Waals surface area contributed by atoms with Gasteiger partial charge < -0.3 is 4.74 Å². The van der Waals surface area contributed by atoms with E-state index in [1.54, 1.807) is 6.08 Å². The van der Waals surface area contributed by atoms with E-state index in [-0.39, 0.29) is 11.8 Å². The first-order valence-electron chi connectivity index (χ1n) is 4.39. The Labute approximate surface area is 79.1 Å². The van der Waals surface area contributed by atoms with Crippen molar-refractivity contribution >= 4 is 18.1 Å². The van der Waals surface area contributed by atoms with Gasteiger partial charge in [-0.1, -0.05) is 0 Å². The van der Waals surface area contributed by atoms with Crippen LogP contribution in [0, 0.1) is 11.8 Å². The third-order valence-corrected chi connectivity index (χ3v) is 3.04. The van der Waals surface area contributed by atoms with Gasteiger partial charge in [-0.3, -0.25) is 19.7 Å². The van der Waals surface area contributed by atoms with E-state index in [0.29, 0.717) is 11.9 Å². The van der Waals surface area contributed by atoms with Crippen molar-refractivity contribution in [2.75, 3.05) is 0 Å². The molecule has 0 spiro atoms. The van der Waals surface area contributed by atoms with Gasteiger partial charge >= 0.3 is 0 Å². The Bertz CT molecular complexity index is 386. The van der Waals surface area contributed by atoms with Crippen molar-refractivity contribution in [3.8, 4) is 0 Å². The Morgan fingerprint density at radius 3 is 2.71 bits per heavy atom. The molecule has 0 radical (unpaired) electrons. The Balaban J connectivity index is 2.06. The molecule has 72 valence electrons. The molecular weight excluding hydrogens is 186 g/mol. The molecule has 3 heterocycles. The molecule has 2 bridgehead atoms. The molecule has 2 saturated heterocycles. The lowest BCUT2D eigenvalue weighted by atomic mass is 9.82. The summed E-state index contributed by atoms with van der Waals surface area (Å²) in [6, 6.07) is 0. The molecule has 0 aromatic heterocycles. The van der Waals surface area contributed by atoms with Gasteiger partial charge in [0.2, 0.25) is 11.8 Å². The number of carbonyl (C=O) groups excluding carboxylic acids is 3. The fourth-order valence-electron chi connectivity index (χ4n) is 2.45. The summed E-state index contributed by atoms with van der Waals surface area (Å²) in [5.41, 5.74) is 0.487. The number of amides is 2. The summed E-state index contributed by atoms with van der Waals surface area (Å²) in [7, 11) is 0. The van der Waals surface area contributed by atoms with Gasteiger partial charge in [0.15, 0.2) is 0 Å². The van der Waals surface area contributed by atoms with Gasteiger partial charge in [-0.25, -0.2) is 0 Å². The van der Waals surface area contributed by atoms with Crippen LogP contribution >= 0.6 is 0 Å². The van der Waals surface area contributed by atoms with Crippen LogP contribution in [-0.2, 0) is 19.1 Å². The van der Waals surface area contributed by atoms with Gasteiger partial charge in [0, 0.05) is 5.57 Å². The van der Waals surface area contributed by atoms with Crippen LogP contribution < -0.4 is 5.32 Å². The summed E-state index contributed by atoms with van der Waals surface area (Å²) in [5, 5.41) is 2.26. The molecule has 5 heteroatoms. The minimum atomic E-state index is -0.506.